The van der Waals surface area contributed by atoms with Crippen LogP contribution in [0.5, 0.6) is 5.75 Å². The molecule has 1 fully saturated rings. The molecule has 1 amide bonds. The lowest BCUT2D eigenvalue weighted by Crippen LogP contribution is -2.39. The van der Waals surface area contributed by atoms with Crippen molar-refractivity contribution in [1.29, 1.82) is 0 Å². The Morgan fingerprint density at radius 3 is 2.33 bits per heavy atom. The number of carbonyl (C=O) groups is 1. The highest BCUT2D eigenvalue weighted by Crippen LogP contribution is 2.30. The van der Waals surface area contributed by atoms with Crippen LogP contribution < -0.4 is 10.1 Å². The molecule has 0 aliphatic heterocycles. The van der Waals surface area contributed by atoms with E-state index in [2.05, 4.69) is 17.1 Å². The number of likely N-dealkylation sites (N-methyl/N-ethyl adjacent to an activating group) is 1. The molecule has 0 bridgehead atoms. The number of anilines is 1. The minimum absolute atomic E-state index is 0.0838. The standard InChI is InChI=1S/C22H37N3O4S/c1-6-25(7-2)30(27,28)21-15-18(11-14-20(21)29-8-3)23-22(26)16-24(5)19-12-9-17(4)10-13-19/h11,14-15,17,19H,6-10,12-13,16H2,1-5H3,(H,23,26). The summed E-state index contributed by atoms with van der Waals surface area (Å²) in [6.45, 7) is 9.06. The summed E-state index contributed by atoms with van der Waals surface area (Å²) in [6, 6.07) is 5.22. The summed E-state index contributed by atoms with van der Waals surface area (Å²) in [4.78, 5) is 14.8. The molecule has 7 nitrogen and oxygen atoms in total. The molecule has 0 radical (unpaired) electrons. The van der Waals surface area contributed by atoms with Crippen LogP contribution in [0.3, 0.4) is 0 Å². The zero-order chi connectivity index (χ0) is 22.3. The number of hydrogen-bond acceptors (Lipinski definition) is 5. The highest BCUT2D eigenvalue weighted by molar-refractivity contribution is 7.89. The summed E-state index contributed by atoms with van der Waals surface area (Å²) in [5, 5.41) is 2.86. The van der Waals surface area contributed by atoms with Crippen molar-refractivity contribution in [2.45, 2.75) is 64.3 Å². The molecular formula is C22H37N3O4S. The maximum Gasteiger partial charge on any atom is 0.246 e. The average Bonchev–Trinajstić information content (AvgIpc) is 2.70. The monoisotopic (exact) mass is 439 g/mol. The molecule has 1 aliphatic rings. The Morgan fingerprint density at radius 2 is 1.77 bits per heavy atom. The van der Waals surface area contributed by atoms with Gasteiger partial charge < -0.3 is 10.1 Å². The van der Waals surface area contributed by atoms with Gasteiger partial charge in [-0.25, -0.2) is 8.42 Å². The van der Waals surface area contributed by atoms with E-state index >= 15 is 0 Å². The van der Waals surface area contributed by atoms with Crippen LogP contribution in [0.15, 0.2) is 23.1 Å². The van der Waals surface area contributed by atoms with Gasteiger partial charge in [-0.05, 0) is 63.8 Å². The minimum atomic E-state index is -3.71. The fourth-order valence-corrected chi connectivity index (χ4v) is 5.62. The van der Waals surface area contributed by atoms with Crippen LogP contribution in [0.4, 0.5) is 5.69 Å². The number of benzene rings is 1. The highest BCUT2D eigenvalue weighted by Gasteiger charge is 2.27. The summed E-state index contributed by atoms with van der Waals surface area (Å²) in [6.07, 6.45) is 4.62. The first-order valence-electron chi connectivity index (χ1n) is 11.0. The minimum Gasteiger partial charge on any atom is -0.492 e. The van der Waals surface area contributed by atoms with Crippen molar-refractivity contribution in [3.05, 3.63) is 18.2 Å². The van der Waals surface area contributed by atoms with Crippen LogP contribution >= 0.6 is 0 Å². The van der Waals surface area contributed by atoms with E-state index in [4.69, 9.17) is 4.74 Å². The number of ether oxygens (including phenoxy) is 1. The van der Waals surface area contributed by atoms with E-state index in [1.807, 2.05) is 14.0 Å². The second-order valence-corrected chi connectivity index (χ2v) is 9.97. The van der Waals surface area contributed by atoms with Crippen molar-refractivity contribution >= 4 is 21.6 Å². The van der Waals surface area contributed by atoms with Crippen molar-refractivity contribution in [3.63, 3.8) is 0 Å². The van der Waals surface area contributed by atoms with E-state index in [-0.39, 0.29) is 17.3 Å². The molecule has 0 saturated heterocycles. The van der Waals surface area contributed by atoms with E-state index in [9.17, 15) is 13.2 Å². The molecule has 1 N–H and O–H groups in total. The number of nitrogens with one attached hydrogen (secondary N) is 1. The van der Waals surface area contributed by atoms with Crippen LogP contribution in [0.25, 0.3) is 0 Å². The normalized spacial score (nSPS) is 19.8. The summed E-state index contributed by atoms with van der Waals surface area (Å²) < 4.78 is 33.1. The van der Waals surface area contributed by atoms with E-state index < -0.39 is 10.0 Å². The number of sulfonamides is 1. The molecule has 2 rings (SSSR count). The highest BCUT2D eigenvalue weighted by atomic mass is 32.2. The summed E-state index contributed by atoms with van der Waals surface area (Å²) in [7, 11) is -1.73. The van der Waals surface area contributed by atoms with Crippen molar-refractivity contribution in [1.82, 2.24) is 9.21 Å². The van der Waals surface area contributed by atoms with Crippen LogP contribution in [-0.2, 0) is 14.8 Å². The maximum absolute atomic E-state index is 13.1. The Hall–Kier alpha value is -1.64. The molecule has 0 heterocycles. The van der Waals surface area contributed by atoms with Gasteiger partial charge in [-0.1, -0.05) is 20.8 Å². The third-order valence-corrected chi connectivity index (χ3v) is 7.92. The first-order chi connectivity index (χ1) is 14.2. The van der Waals surface area contributed by atoms with Crippen molar-refractivity contribution in [2.24, 2.45) is 5.92 Å². The summed E-state index contributed by atoms with van der Waals surface area (Å²) in [5.41, 5.74) is 0.458. The molecule has 1 aliphatic carbocycles. The molecule has 30 heavy (non-hydrogen) atoms. The lowest BCUT2D eigenvalue weighted by Gasteiger charge is -2.33. The third kappa shape index (κ3) is 6.18. The Kier molecular flexibility index (Phi) is 9.12. The summed E-state index contributed by atoms with van der Waals surface area (Å²) >= 11 is 0. The quantitative estimate of drug-likeness (QED) is 0.603. The lowest BCUT2D eigenvalue weighted by molar-refractivity contribution is -0.117. The number of nitrogens with zero attached hydrogens (tertiary/aromatic N) is 2. The molecule has 1 aromatic rings. The van der Waals surface area contributed by atoms with Gasteiger partial charge in [0.15, 0.2) is 0 Å². The van der Waals surface area contributed by atoms with Crippen LogP contribution in [0.2, 0.25) is 0 Å². The number of hydrogen-bond donors (Lipinski definition) is 1. The molecule has 0 atom stereocenters. The van der Waals surface area contributed by atoms with Gasteiger partial charge in [0.2, 0.25) is 15.9 Å². The molecule has 1 saturated carbocycles. The Balaban J connectivity index is 2.15. The van der Waals surface area contributed by atoms with E-state index in [0.29, 0.717) is 37.2 Å². The zero-order valence-electron chi connectivity index (χ0n) is 19.0. The van der Waals surface area contributed by atoms with Crippen LogP contribution in [0.1, 0.15) is 53.4 Å². The average molecular weight is 440 g/mol. The van der Waals surface area contributed by atoms with Gasteiger partial charge in [0, 0.05) is 24.8 Å². The number of carbonyl (C=O) groups excluding carboxylic acids is 1. The fraction of sp³-hybridized carbons (Fsp3) is 0.682. The van der Waals surface area contributed by atoms with Gasteiger partial charge in [-0.15, -0.1) is 0 Å². The second-order valence-electron chi connectivity index (χ2n) is 8.06. The SMILES string of the molecule is CCOc1ccc(NC(=O)CN(C)C2CCC(C)CC2)cc1S(=O)(=O)N(CC)CC. The fourth-order valence-electron chi connectivity index (χ4n) is 4.00. The second kappa shape index (κ2) is 11.1. The maximum atomic E-state index is 13.1. The molecule has 0 unspecified atom stereocenters. The largest absolute Gasteiger partial charge is 0.492 e. The number of rotatable bonds is 10. The van der Waals surface area contributed by atoms with E-state index in [1.54, 1.807) is 26.0 Å². The van der Waals surface area contributed by atoms with Gasteiger partial charge in [0.25, 0.3) is 0 Å². The summed E-state index contributed by atoms with van der Waals surface area (Å²) in [5.74, 6) is 0.917. The molecular weight excluding hydrogens is 402 g/mol. The van der Waals surface area contributed by atoms with Gasteiger partial charge in [-0.2, -0.15) is 4.31 Å². The van der Waals surface area contributed by atoms with Crippen molar-refractivity contribution in [2.75, 3.05) is 38.6 Å². The van der Waals surface area contributed by atoms with Gasteiger partial charge in [-0.3, -0.25) is 9.69 Å². The van der Waals surface area contributed by atoms with Crippen molar-refractivity contribution in [3.8, 4) is 5.75 Å². The Labute approximate surface area is 181 Å². The van der Waals surface area contributed by atoms with E-state index in [1.165, 1.54) is 23.2 Å². The number of amides is 1. The first kappa shape index (κ1) is 24.6. The Morgan fingerprint density at radius 1 is 1.13 bits per heavy atom. The van der Waals surface area contributed by atoms with Crippen molar-refractivity contribution < 1.29 is 17.9 Å². The van der Waals surface area contributed by atoms with Crippen LogP contribution in [0, 0.1) is 5.92 Å². The predicted octanol–water partition coefficient (Wildman–Crippen LogP) is 3.56. The first-order valence-corrected chi connectivity index (χ1v) is 12.4. The van der Waals surface area contributed by atoms with E-state index in [0.717, 1.165) is 18.8 Å². The smallest absolute Gasteiger partial charge is 0.246 e. The molecule has 0 aromatic heterocycles. The molecule has 8 heteroatoms. The molecule has 0 spiro atoms. The topological polar surface area (TPSA) is 79.0 Å². The third-order valence-electron chi connectivity index (χ3n) is 5.85. The lowest BCUT2D eigenvalue weighted by atomic mass is 9.87. The predicted molar refractivity (Wildman–Crippen MR) is 120 cm³/mol. The molecule has 170 valence electrons. The zero-order valence-corrected chi connectivity index (χ0v) is 19.8. The van der Waals surface area contributed by atoms with Gasteiger partial charge >= 0.3 is 0 Å². The van der Waals surface area contributed by atoms with Crippen LogP contribution in [-0.4, -0.2) is 62.9 Å². The Bertz CT molecular complexity index is 801. The van der Waals surface area contributed by atoms with Gasteiger partial charge in [0.1, 0.15) is 10.6 Å². The molecule has 1 aromatic carbocycles. The van der Waals surface area contributed by atoms with Gasteiger partial charge in [0.05, 0.1) is 13.2 Å².